The maximum Gasteiger partial charge on any atom is 0.407 e. The average Bonchev–Trinajstić information content (AvgIpc) is 2.73. The van der Waals surface area contributed by atoms with E-state index in [0.29, 0.717) is 13.1 Å². The van der Waals surface area contributed by atoms with Crippen LogP contribution in [0.5, 0.6) is 0 Å². The van der Waals surface area contributed by atoms with E-state index in [2.05, 4.69) is 15.8 Å². The first-order valence-electron chi connectivity index (χ1n) is 6.04. The Labute approximate surface area is 107 Å². The van der Waals surface area contributed by atoms with E-state index in [1.807, 2.05) is 26.8 Å². The largest absolute Gasteiger partial charge is 0.444 e. The van der Waals surface area contributed by atoms with Gasteiger partial charge in [0, 0.05) is 12.6 Å². The van der Waals surface area contributed by atoms with Gasteiger partial charge in [-0.25, -0.2) is 4.79 Å². The van der Waals surface area contributed by atoms with Crippen molar-refractivity contribution in [2.45, 2.75) is 39.3 Å². The fourth-order valence-corrected chi connectivity index (χ4v) is 1.26. The summed E-state index contributed by atoms with van der Waals surface area (Å²) in [6, 6.07) is 1.81. The average molecular weight is 255 g/mol. The Morgan fingerprint density at radius 3 is 2.83 bits per heavy atom. The van der Waals surface area contributed by atoms with E-state index in [4.69, 9.17) is 9.26 Å². The molecule has 0 aromatic carbocycles. The number of amides is 1. The molecule has 6 nitrogen and oxygen atoms in total. The van der Waals surface area contributed by atoms with Crippen molar-refractivity contribution in [3.05, 3.63) is 18.0 Å². The first-order chi connectivity index (χ1) is 8.47. The van der Waals surface area contributed by atoms with Gasteiger partial charge in [0.15, 0.2) is 0 Å². The highest BCUT2D eigenvalue weighted by molar-refractivity contribution is 5.67. The minimum absolute atomic E-state index is 0.377. The summed E-state index contributed by atoms with van der Waals surface area (Å²) in [5, 5.41) is 9.49. The quantitative estimate of drug-likeness (QED) is 0.756. The zero-order valence-corrected chi connectivity index (χ0v) is 11.2. The van der Waals surface area contributed by atoms with Crippen LogP contribution >= 0.6 is 0 Å². The summed E-state index contributed by atoms with van der Waals surface area (Å²) in [5.41, 5.74) is -0.450. The predicted molar refractivity (Wildman–Crippen MR) is 67.1 cm³/mol. The van der Waals surface area contributed by atoms with E-state index in [9.17, 15) is 4.79 Å². The van der Waals surface area contributed by atoms with Crippen LogP contribution in [0.25, 0.3) is 0 Å². The van der Waals surface area contributed by atoms with Crippen LogP contribution in [0.15, 0.2) is 16.8 Å². The third kappa shape index (κ3) is 6.90. The van der Waals surface area contributed by atoms with E-state index in [0.717, 1.165) is 18.7 Å². The van der Waals surface area contributed by atoms with Gasteiger partial charge in [0.05, 0.1) is 12.7 Å². The summed E-state index contributed by atoms with van der Waals surface area (Å²) in [6.45, 7) is 7.53. The molecule has 0 aliphatic heterocycles. The first-order valence-corrected chi connectivity index (χ1v) is 6.04. The fraction of sp³-hybridized carbons (Fsp3) is 0.667. The van der Waals surface area contributed by atoms with E-state index in [1.54, 1.807) is 6.20 Å². The molecule has 102 valence electrons. The lowest BCUT2D eigenvalue weighted by Crippen LogP contribution is -2.33. The Hall–Kier alpha value is -1.56. The van der Waals surface area contributed by atoms with Crippen LogP contribution in [0, 0.1) is 0 Å². The molecule has 0 radical (unpaired) electrons. The molecule has 1 aromatic rings. The number of carbonyl (C=O) groups excluding carboxylic acids is 1. The van der Waals surface area contributed by atoms with Crippen molar-refractivity contribution in [1.82, 2.24) is 15.8 Å². The number of ether oxygens (including phenoxy) is 1. The van der Waals surface area contributed by atoms with Crippen LogP contribution in [0.2, 0.25) is 0 Å². The van der Waals surface area contributed by atoms with Crippen LogP contribution in [0.4, 0.5) is 4.79 Å². The molecule has 1 aromatic heterocycles. The molecule has 0 atom stereocenters. The highest BCUT2D eigenvalue weighted by Gasteiger charge is 2.15. The zero-order valence-electron chi connectivity index (χ0n) is 11.2. The number of alkyl carbamates (subject to hydrolysis) is 1. The first kappa shape index (κ1) is 14.5. The maximum absolute atomic E-state index is 11.3. The maximum atomic E-state index is 11.3. The summed E-state index contributed by atoms with van der Waals surface area (Å²) >= 11 is 0. The zero-order chi connectivity index (χ0) is 13.4. The molecule has 0 unspecified atom stereocenters. The molecule has 0 spiro atoms. The van der Waals surface area contributed by atoms with Crippen molar-refractivity contribution in [2.24, 2.45) is 0 Å². The van der Waals surface area contributed by atoms with Crippen LogP contribution in [-0.2, 0) is 11.3 Å². The molecular weight excluding hydrogens is 234 g/mol. The number of rotatable bonds is 6. The molecule has 0 saturated heterocycles. The van der Waals surface area contributed by atoms with Gasteiger partial charge in [-0.05, 0) is 33.7 Å². The van der Waals surface area contributed by atoms with Crippen LogP contribution in [0.1, 0.15) is 33.0 Å². The normalized spacial score (nSPS) is 11.3. The van der Waals surface area contributed by atoms with E-state index in [-0.39, 0.29) is 6.09 Å². The van der Waals surface area contributed by atoms with Gasteiger partial charge in [0.1, 0.15) is 11.4 Å². The van der Waals surface area contributed by atoms with Crippen molar-refractivity contribution in [1.29, 1.82) is 0 Å². The smallest absolute Gasteiger partial charge is 0.407 e. The Morgan fingerprint density at radius 1 is 1.44 bits per heavy atom. The number of nitrogens with one attached hydrogen (secondary N) is 2. The highest BCUT2D eigenvalue weighted by atomic mass is 16.6. The number of carbonyl (C=O) groups is 1. The van der Waals surface area contributed by atoms with Crippen LogP contribution in [-0.4, -0.2) is 29.9 Å². The second-order valence-corrected chi connectivity index (χ2v) is 4.94. The lowest BCUT2D eigenvalue weighted by molar-refractivity contribution is 0.0527. The Bertz CT molecular complexity index is 344. The molecule has 0 aliphatic rings. The van der Waals surface area contributed by atoms with Gasteiger partial charge in [-0.15, -0.1) is 0 Å². The minimum Gasteiger partial charge on any atom is -0.444 e. The number of nitrogens with zero attached hydrogens (tertiary/aromatic N) is 1. The van der Waals surface area contributed by atoms with Crippen molar-refractivity contribution in [3.8, 4) is 0 Å². The van der Waals surface area contributed by atoms with Gasteiger partial charge >= 0.3 is 6.09 Å². The van der Waals surface area contributed by atoms with E-state index >= 15 is 0 Å². The molecule has 1 amide bonds. The third-order valence-corrected chi connectivity index (χ3v) is 1.99. The van der Waals surface area contributed by atoms with Crippen molar-refractivity contribution >= 4 is 6.09 Å². The standard InChI is InChI=1S/C12H21N3O3/c1-12(2,3)17-11(16)14-7-4-6-13-9-10-5-8-15-18-10/h5,8,13H,4,6-7,9H2,1-3H3,(H,14,16). The lowest BCUT2D eigenvalue weighted by atomic mass is 10.2. The van der Waals surface area contributed by atoms with Crippen LogP contribution < -0.4 is 10.6 Å². The summed E-state index contributed by atoms with van der Waals surface area (Å²) in [6.07, 6.45) is 2.06. The topological polar surface area (TPSA) is 76.4 Å². The van der Waals surface area contributed by atoms with Gasteiger partial charge in [-0.2, -0.15) is 0 Å². The molecule has 0 aliphatic carbocycles. The summed E-state index contributed by atoms with van der Waals surface area (Å²) < 4.78 is 10.0. The van der Waals surface area contributed by atoms with Gasteiger partial charge in [0.2, 0.25) is 0 Å². The summed E-state index contributed by atoms with van der Waals surface area (Å²) in [4.78, 5) is 11.3. The Morgan fingerprint density at radius 2 is 2.22 bits per heavy atom. The third-order valence-electron chi connectivity index (χ3n) is 1.99. The molecule has 0 fully saturated rings. The van der Waals surface area contributed by atoms with Gasteiger partial charge in [0.25, 0.3) is 0 Å². The fourth-order valence-electron chi connectivity index (χ4n) is 1.26. The van der Waals surface area contributed by atoms with Gasteiger partial charge in [-0.3, -0.25) is 0 Å². The SMILES string of the molecule is CC(C)(C)OC(=O)NCCCNCc1ccno1. The number of hydrogen-bond acceptors (Lipinski definition) is 5. The lowest BCUT2D eigenvalue weighted by Gasteiger charge is -2.19. The van der Waals surface area contributed by atoms with E-state index in [1.165, 1.54) is 0 Å². The molecule has 2 N–H and O–H groups in total. The summed E-state index contributed by atoms with van der Waals surface area (Å²) in [5.74, 6) is 0.801. The van der Waals surface area contributed by atoms with Crippen LogP contribution in [0.3, 0.4) is 0 Å². The monoisotopic (exact) mass is 255 g/mol. The molecule has 18 heavy (non-hydrogen) atoms. The second-order valence-electron chi connectivity index (χ2n) is 4.94. The molecule has 1 heterocycles. The van der Waals surface area contributed by atoms with Crippen molar-refractivity contribution in [3.63, 3.8) is 0 Å². The minimum atomic E-state index is -0.450. The van der Waals surface area contributed by atoms with E-state index < -0.39 is 5.60 Å². The highest BCUT2D eigenvalue weighted by Crippen LogP contribution is 2.06. The molecule has 0 saturated carbocycles. The molecule has 1 rings (SSSR count). The predicted octanol–water partition coefficient (Wildman–Crippen LogP) is 1.68. The molecular formula is C12H21N3O3. The van der Waals surface area contributed by atoms with Gasteiger partial charge in [-0.1, -0.05) is 5.16 Å². The van der Waals surface area contributed by atoms with Crippen molar-refractivity contribution < 1.29 is 14.1 Å². The number of hydrogen-bond donors (Lipinski definition) is 2. The van der Waals surface area contributed by atoms with Gasteiger partial charge < -0.3 is 19.9 Å². The molecule has 0 bridgehead atoms. The summed E-state index contributed by atoms with van der Waals surface area (Å²) in [7, 11) is 0. The molecule has 6 heteroatoms. The Balaban J connectivity index is 1.97. The van der Waals surface area contributed by atoms with Crippen molar-refractivity contribution in [2.75, 3.05) is 13.1 Å². The second kappa shape index (κ2) is 7.00. The number of aromatic nitrogens is 1. The Kier molecular flexibility index (Phi) is 5.64.